The summed E-state index contributed by atoms with van der Waals surface area (Å²) >= 11 is 0. The Bertz CT molecular complexity index is 1180. The fraction of sp³-hybridized carbons (Fsp3) is 0.440. The van der Waals surface area contributed by atoms with Crippen molar-refractivity contribution in [3.8, 4) is 5.75 Å². The summed E-state index contributed by atoms with van der Waals surface area (Å²) in [5.74, 6) is 1.96. The van der Waals surface area contributed by atoms with Gasteiger partial charge < -0.3 is 20.1 Å². The van der Waals surface area contributed by atoms with Crippen LogP contribution in [0.1, 0.15) is 29.9 Å². The third kappa shape index (κ3) is 5.85. The van der Waals surface area contributed by atoms with Crippen LogP contribution in [0.15, 0.2) is 36.4 Å². The van der Waals surface area contributed by atoms with Crippen LogP contribution in [0.5, 0.6) is 5.75 Å². The van der Waals surface area contributed by atoms with Gasteiger partial charge in [-0.15, -0.1) is 0 Å². The Balaban J connectivity index is 1.67. The number of anilines is 1. The number of alkyl halides is 3. The van der Waals surface area contributed by atoms with E-state index in [-0.39, 0.29) is 6.61 Å². The molecular weight excluding hydrogens is 476 g/mol. The van der Waals surface area contributed by atoms with Crippen LogP contribution >= 0.6 is 7.92 Å². The highest BCUT2D eigenvalue weighted by Crippen LogP contribution is 2.42. The van der Waals surface area contributed by atoms with Crippen LogP contribution in [0.4, 0.5) is 19.0 Å². The van der Waals surface area contributed by atoms with E-state index in [0.717, 1.165) is 53.4 Å². The van der Waals surface area contributed by atoms with Crippen LogP contribution < -0.4 is 15.4 Å². The molecule has 6 nitrogen and oxygen atoms in total. The maximum atomic E-state index is 13.2. The summed E-state index contributed by atoms with van der Waals surface area (Å²) in [6, 6.07) is 8.98. The van der Waals surface area contributed by atoms with Gasteiger partial charge in [0.05, 0.1) is 24.8 Å². The Morgan fingerprint density at radius 2 is 1.91 bits per heavy atom. The lowest BCUT2D eigenvalue weighted by molar-refractivity contribution is -0.137. The highest BCUT2D eigenvalue weighted by molar-refractivity contribution is 7.66. The second-order valence-corrected chi connectivity index (χ2v) is 11.2. The minimum atomic E-state index is -4.39. The molecule has 2 N–H and O–H groups in total. The number of halogens is 3. The number of aromatic nitrogens is 2. The molecule has 3 aromatic rings. The highest BCUT2D eigenvalue weighted by Gasteiger charge is 2.31. The Kier molecular flexibility index (Phi) is 7.79. The summed E-state index contributed by atoms with van der Waals surface area (Å²) in [6.45, 7) is 6.32. The standard InChI is InChI=1S/C25H30F3N4O2P/c1-16(18-5-4-6-19(13-18)25(26,27)28)29-24-20-14-23(35-11-8-32(7-10-33)9-12-35)22(34-3)15-21(20)30-17(2)31-24/h4-6,13-16,33H,7-12H2,1-3H3,(H,29,30,31)/t16-/m1/s1. The fourth-order valence-electron chi connectivity index (χ4n) is 4.41. The first-order valence-electron chi connectivity index (χ1n) is 11.6. The normalized spacial score (nSPS) is 16.4. The SMILES string of the molecule is COc1cc2nc(C)nc(N[C@H](C)c3cccc(C(F)(F)F)c3)c2cc1P1CCN(CCO)CC1. The summed E-state index contributed by atoms with van der Waals surface area (Å²) in [4.78, 5) is 11.5. The fourth-order valence-corrected chi connectivity index (χ4v) is 6.94. The molecule has 0 unspecified atom stereocenters. The van der Waals surface area contributed by atoms with E-state index >= 15 is 0 Å². The van der Waals surface area contributed by atoms with Gasteiger partial charge in [0.2, 0.25) is 0 Å². The zero-order chi connectivity index (χ0) is 25.2. The maximum absolute atomic E-state index is 13.2. The third-order valence-corrected chi connectivity index (χ3v) is 8.82. The average molecular weight is 507 g/mol. The van der Waals surface area contributed by atoms with E-state index in [1.807, 2.05) is 13.0 Å². The van der Waals surface area contributed by atoms with Crippen LogP contribution in [0.3, 0.4) is 0 Å². The van der Waals surface area contributed by atoms with Crippen molar-refractivity contribution >= 4 is 29.9 Å². The summed E-state index contributed by atoms with van der Waals surface area (Å²) in [5, 5.41) is 14.5. The van der Waals surface area contributed by atoms with Gasteiger partial charge in [0.25, 0.3) is 0 Å². The molecule has 1 aliphatic rings. The van der Waals surface area contributed by atoms with Gasteiger partial charge in [0.1, 0.15) is 17.4 Å². The summed E-state index contributed by atoms with van der Waals surface area (Å²) in [7, 11) is 1.20. The van der Waals surface area contributed by atoms with E-state index in [9.17, 15) is 18.3 Å². The van der Waals surface area contributed by atoms with Crippen LogP contribution in [0.2, 0.25) is 0 Å². The molecule has 0 amide bonds. The number of nitrogens with one attached hydrogen (secondary N) is 1. The quantitative estimate of drug-likeness (QED) is 0.458. The lowest BCUT2D eigenvalue weighted by Crippen LogP contribution is -2.37. The molecule has 1 aliphatic heterocycles. The molecule has 10 heteroatoms. The largest absolute Gasteiger partial charge is 0.496 e. The van der Waals surface area contributed by atoms with Crippen LogP contribution in [0.25, 0.3) is 10.9 Å². The second kappa shape index (κ2) is 10.6. The van der Waals surface area contributed by atoms with Gasteiger partial charge in [-0.05, 0) is 49.9 Å². The van der Waals surface area contributed by atoms with E-state index in [2.05, 4.69) is 26.3 Å². The van der Waals surface area contributed by atoms with Crippen molar-refractivity contribution < 1.29 is 23.0 Å². The average Bonchev–Trinajstić information content (AvgIpc) is 2.83. The first-order chi connectivity index (χ1) is 16.7. The van der Waals surface area contributed by atoms with Crippen LogP contribution in [0, 0.1) is 6.92 Å². The zero-order valence-corrected chi connectivity index (χ0v) is 21.0. The highest BCUT2D eigenvalue weighted by atomic mass is 31.1. The number of aryl methyl sites for hydroxylation is 1. The number of hydrogen-bond donors (Lipinski definition) is 2. The molecule has 188 valence electrons. The van der Waals surface area contributed by atoms with Crippen molar-refractivity contribution in [2.45, 2.75) is 26.1 Å². The van der Waals surface area contributed by atoms with Crippen molar-refractivity contribution in [3.63, 3.8) is 0 Å². The van der Waals surface area contributed by atoms with E-state index in [1.54, 1.807) is 20.1 Å². The second-order valence-electron chi connectivity index (χ2n) is 8.70. The van der Waals surface area contributed by atoms with Gasteiger partial charge in [0, 0.05) is 42.4 Å². The van der Waals surface area contributed by atoms with E-state index in [4.69, 9.17) is 4.74 Å². The first kappa shape index (κ1) is 25.6. The number of rotatable bonds is 7. The molecule has 0 aliphatic carbocycles. The van der Waals surface area contributed by atoms with Crippen molar-refractivity contribution in [1.29, 1.82) is 0 Å². The number of ether oxygens (including phenoxy) is 1. The summed E-state index contributed by atoms with van der Waals surface area (Å²) in [6.07, 6.45) is -2.38. The molecular formula is C25H30F3N4O2P. The number of fused-ring (bicyclic) bond motifs is 1. The lowest BCUT2D eigenvalue weighted by atomic mass is 10.0. The Morgan fingerprint density at radius 3 is 2.57 bits per heavy atom. The molecule has 0 spiro atoms. The monoisotopic (exact) mass is 506 g/mol. The Morgan fingerprint density at radius 1 is 1.17 bits per heavy atom. The molecule has 1 fully saturated rings. The van der Waals surface area contributed by atoms with Crippen LogP contribution in [-0.2, 0) is 6.18 Å². The van der Waals surface area contributed by atoms with Gasteiger partial charge in [-0.3, -0.25) is 0 Å². The minimum absolute atomic E-state index is 0.160. The molecule has 35 heavy (non-hydrogen) atoms. The smallest absolute Gasteiger partial charge is 0.416 e. The van der Waals surface area contributed by atoms with Gasteiger partial charge in [-0.25, -0.2) is 9.97 Å². The van der Waals surface area contributed by atoms with Crippen molar-refractivity contribution in [3.05, 3.63) is 53.3 Å². The number of benzene rings is 2. The number of β-amino-alcohol motifs (C(OH)–C–C–N with tert-alkyl or cyclic N) is 1. The number of nitrogens with zero attached hydrogens (tertiary/aromatic N) is 3. The molecule has 2 heterocycles. The number of aliphatic hydroxyl groups is 1. The molecule has 2 aromatic carbocycles. The third-order valence-electron chi connectivity index (χ3n) is 6.30. The predicted molar refractivity (Wildman–Crippen MR) is 134 cm³/mol. The lowest BCUT2D eigenvalue weighted by Gasteiger charge is -2.32. The molecule has 0 saturated carbocycles. The van der Waals surface area contributed by atoms with Crippen molar-refractivity contribution in [2.75, 3.05) is 51.0 Å². The summed E-state index contributed by atoms with van der Waals surface area (Å²) in [5.41, 5.74) is 0.583. The number of aliphatic hydroxyl groups excluding tert-OH is 1. The molecule has 0 radical (unpaired) electrons. The van der Waals surface area contributed by atoms with E-state index < -0.39 is 25.7 Å². The van der Waals surface area contributed by atoms with Gasteiger partial charge in [0.15, 0.2) is 0 Å². The molecule has 1 atom stereocenters. The van der Waals surface area contributed by atoms with Crippen molar-refractivity contribution in [2.24, 2.45) is 0 Å². The predicted octanol–water partition coefficient (Wildman–Crippen LogP) is 4.55. The van der Waals surface area contributed by atoms with Crippen LogP contribution in [-0.4, -0.2) is 65.6 Å². The zero-order valence-electron chi connectivity index (χ0n) is 20.1. The molecule has 1 aromatic heterocycles. The van der Waals surface area contributed by atoms with Gasteiger partial charge in [-0.1, -0.05) is 20.1 Å². The number of hydrogen-bond acceptors (Lipinski definition) is 6. The Labute approximate surface area is 204 Å². The minimum Gasteiger partial charge on any atom is -0.496 e. The Hall–Kier alpha value is -2.48. The van der Waals surface area contributed by atoms with Gasteiger partial charge >= 0.3 is 6.18 Å². The maximum Gasteiger partial charge on any atom is 0.416 e. The summed E-state index contributed by atoms with van der Waals surface area (Å²) < 4.78 is 45.4. The van der Waals surface area contributed by atoms with E-state index in [0.29, 0.717) is 23.8 Å². The van der Waals surface area contributed by atoms with E-state index in [1.165, 1.54) is 12.1 Å². The van der Waals surface area contributed by atoms with Crippen molar-refractivity contribution in [1.82, 2.24) is 14.9 Å². The number of methoxy groups -OCH3 is 1. The molecule has 4 rings (SSSR count). The topological polar surface area (TPSA) is 70.5 Å². The molecule has 0 bridgehead atoms. The van der Waals surface area contributed by atoms with Gasteiger partial charge in [-0.2, -0.15) is 13.2 Å². The first-order valence-corrected chi connectivity index (χ1v) is 13.3. The molecule has 1 saturated heterocycles.